The van der Waals surface area contributed by atoms with Gasteiger partial charge >= 0.3 is 5.69 Å². The molecular weight excluding hydrogens is 364 g/mol. The molecule has 7 nitrogen and oxygen atoms in total. The molecule has 1 aromatic carbocycles. The molecule has 0 spiro atoms. The Morgan fingerprint density at radius 2 is 1.80 bits per heavy atom. The topological polar surface area (TPSA) is 99.1 Å². The van der Waals surface area contributed by atoms with Gasteiger partial charge in [0.25, 0.3) is 0 Å². The summed E-state index contributed by atoms with van der Waals surface area (Å²) in [6.07, 6.45) is 4.27. The lowest BCUT2D eigenvalue weighted by Crippen LogP contribution is -2.44. The SMILES string of the molecule is Cl.Cn1c(=O)n(C)c2cc(S(=O)(=O)NC(CN)C3CCCC3)ccc21. The third-order valence-corrected chi connectivity index (χ3v) is 6.57. The summed E-state index contributed by atoms with van der Waals surface area (Å²) in [7, 11) is -0.373. The van der Waals surface area contributed by atoms with Crippen molar-refractivity contribution in [2.24, 2.45) is 25.7 Å². The normalized spacial score (nSPS) is 16.9. The largest absolute Gasteiger partial charge is 0.329 e. The van der Waals surface area contributed by atoms with E-state index in [0.29, 0.717) is 17.0 Å². The van der Waals surface area contributed by atoms with E-state index in [1.807, 2.05) is 0 Å². The number of aromatic nitrogens is 2. The molecule has 1 saturated carbocycles. The van der Waals surface area contributed by atoms with E-state index < -0.39 is 10.0 Å². The molecule has 9 heteroatoms. The van der Waals surface area contributed by atoms with Gasteiger partial charge in [-0.2, -0.15) is 0 Å². The second kappa shape index (κ2) is 7.49. The Balaban J connectivity index is 0.00000225. The minimum atomic E-state index is -3.68. The van der Waals surface area contributed by atoms with E-state index in [1.54, 1.807) is 26.2 Å². The van der Waals surface area contributed by atoms with Gasteiger partial charge in [0.2, 0.25) is 10.0 Å². The summed E-state index contributed by atoms with van der Waals surface area (Å²) in [5.74, 6) is 0.301. The van der Waals surface area contributed by atoms with Crippen LogP contribution in [0.3, 0.4) is 0 Å². The fraction of sp³-hybridized carbons (Fsp3) is 0.562. The van der Waals surface area contributed by atoms with Crippen LogP contribution in [0.2, 0.25) is 0 Å². The molecule has 0 amide bonds. The van der Waals surface area contributed by atoms with Crippen LogP contribution in [-0.4, -0.2) is 30.1 Å². The van der Waals surface area contributed by atoms with E-state index in [-0.39, 0.29) is 35.6 Å². The molecule has 1 fully saturated rings. The number of halogens is 1. The van der Waals surface area contributed by atoms with Crippen molar-refractivity contribution in [3.63, 3.8) is 0 Å². The van der Waals surface area contributed by atoms with E-state index in [1.165, 1.54) is 15.2 Å². The van der Waals surface area contributed by atoms with Crippen LogP contribution < -0.4 is 16.1 Å². The summed E-state index contributed by atoms with van der Waals surface area (Å²) in [6, 6.07) is 4.50. The van der Waals surface area contributed by atoms with Crippen LogP contribution in [0.1, 0.15) is 25.7 Å². The van der Waals surface area contributed by atoms with Gasteiger partial charge < -0.3 is 5.73 Å². The van der Waals surface area contributed by atoms with Crippen molar-refractivity contribution in [2.45, 2.75) is 36.6 Å². The number of nitrogens with two attached hydrogens (primary N) is 1. The quantitative estimate of drug-likeness (QED) is 0.800. The van der Waals surface area contributed by atoms with E-state index >= 15 is 0 Å². The van der Waals surface area contributed by atoms with Crippen molar-refractivity contribution in [3.05, 3.63) is 28.7 Å². The lowest BCUT2D eigenvalue weighted by molar-refractivity contribution is 0.405. The minimum Gasteiger partial charge on any atom is -0.329 e. The van der Waals surface area contributed by atoms with Crippen molar-refractivity contribution in [1.82, 2.24) is 13.9 Å². The van der Waals surface area contributed by atoms with Crippen LogP contribution in [0.5, 0.6) is 0 Å². The molecular formula is C16H25ClN4O3S. The number of fused-ring (bicyclic) bond motifs is 1. The third-order valence-electron chi connectivity index (χ3n) is 5.08. The molecule has 1 heterocycles. The van der Waals surface area contributed by atoms with Gasteiger partial charge in [0.05, 0.1) is 15.9 Å². The van der Waals surface area contributed by atoms with Gasteiger partial charge in [-0.25, -0.2) is 17.9 Å². The smallest absolute Gasteiger partial charge is 0.328 e. The molecule has 1 aromatic heterocycles. The van der Waals surface area contributed by atoms with Crippen LogP contribution in [0.15, 0.2) is 27.9 Å². The molecule has 1 aliphatic rings. The van der Waals surface area contributed by atoms with E-state index in [2.05, 4.69) is 4.72 Å². The number of aryl methyl sites for hydroxylation is 2. The Kier molecular flexibility index (Phi) is 5.98. The molecule has 0 saturated heterocycles. The van der Waals surface area contributed by atoms with Crippen LogP contribution >= 0.6 is 12.4 Å². The molecule has 1 aliphatic carbocycles. The Hall–Kier alpha value is -1.35. The second-order valence-electron chi connectivity index (χ2n) is 6.56. The number of hydrogen-bond acceptors (Lipinski definition) is 4. The van der Waals surface area contributed by atoms with Crippen LogP contribution in [0.4, 0.5) is 0 Å². The predicted octanol–water partition coefficient (Wildman–Crippen LogP) is 1.09. The van der Waals surface area contributed by atoms with Crippen molar-refractivity contribution < 1.29 is 8.42 Å². The summed E-state index contributed by atoms with van der Waals surface area (Å²) < 4.78 is 31.2. The van der Waals surface area contributed by atoms with E-state index in [9.17, 15) is 13.2 Å². The van der Waals surface area contributed by atoms with Gasteiger partial charge in [0, 0.05) is 26.7 Å². The Labute approximate surface area is 153 Å². The fourth-order valence-electron chi connectivity index (χ4n) is 3.62. The maximum Gasteiger partial charge on any atom is 0.328 e. The molecule has 2 aromatic rings. The Morgan fingerprint density at radius 3 is 2.40 bits per heavy atom. The van der Waals surface area contributed by atoms with Gasteiger partial charge in [-0.3, -0.25) is 9.13 Å². The zero-order valence-corrected chi connectivity index (χ0v) is 16.1. The molecule has 1 unspecified atom stereocenters. The molecule has 3 rings (SSSR count). The maximum atomic E-state index is 12.7. The molecule has 0 radical (unpaired) electrons. The van der Waals surface area contributed by atoms with Gasteiger partial charge in [-0.1, -0.05) is 12.8 Å². The molecule has 140 valence electrons. The number of imidazole rings is 1. The highest BCUT2D eigenvalue weighted by Crippen LogP contribution is 2.28. The summed E-state index contributed by atoms with van der Waals surface area (Å²) in [4.78, 5) is 12.2. The lowest BCUT2D eigenvalue weighted by atomic mass is 9.99. The van der Waals surface area contributed by atoms with Gasteiger partial charge in [-0.05, 0) is 37.0 Å². The Morgan fingerprint density at radius 1 is 1.20 bits per heavy atom. The zero-order chi connectivity index (χ0) is 17.5. The first kappa shape index (κ1) is 20.0. The van der Waals surface area contributed by atoms with Crippen molar-refractivity contribution in [3.8, 4) is 0 Å². The third kappa shape index (κ3) is 3.62. The maximum absolute atomic E-state index is 12.7. The van der Waals surface area contributed by atoms with Crippen LogP contribution in [-0.2, 0) is 24.1 Å². The first-order valence-corrected chi connectivity index (χ1v) is 9.71. The zero-order valence-electron chi connectivity index (χ0n) is 14.4. The highest BCUT2D eigenvalue weighted by Gasteiger charge is 2.28. The average molecular weight is 389 g/mol. The van der Waals surface area contributed by atoms with Crippen LogP contribution in [0, 0.1) is 5.92 Å². The predicted molar refractivity (Wildman–Crippen MR) is 101 cm³/mol. The van der Waals surface area contributed by atoms with Gasteiger partial charge in [0.15, 0.2) is 0 Å². The Bertz CT molecular complexity index is 913. The van der Waals surface area contributed by atoms with Crippen LogP contribution in [0.25, 0.3) is 11.0 Å². The standard InChI is InChI=1S/C16H24N4O3S.ClH/c1-19-14-8-7-12(9-15(14)20(2)16(19)21)24(22,23)18-13(10-17)11-5-3-4-6-11;/h7-9,11,13,18H,3-6,10,17H2,1-2H3;1H. The molecule has 1 atom stereocenters. The van der Waals surface area contributed by atoms with Crippen molar-refractivity contribution in [2.75, 3.05) is 6.54 Å². The number of rotatable bonds is 5. The summed E-state index contributed by atoms with van der Waals surface area (Å²) in [5, 5.41) is 0. The van der Waals surface area contributed by atoms with Crippen molar-refractivity contribution in [1.29, 1.82) is 0 Å². The number of nitrogens with one attached hydrogen (secondary N) is 1. The number of hydrogen-bond donors (Lipinski definition) is 2. The van der Waals surface area contributed by atoms with Crippen molar-refractivity contribution >= 4 is 33.5 Å². The second-order valence-corrected chi connectivity index (χ2v) is 8.27. The number of sulfonamides is 1. The number of benzene rings is 1. The van der Waals surface area contributed by atoms with E-state index in [0.717, 1.165) is 25.7 Å². The highest BCUT2D eigenvalue weighted by molar-refractivity contribution is 7.89. The highest BCUT2D eigenvalue weighted by atomic mass is 35.5. The average Bonchev–Trinajstić information content (AvgIpc) is 3.17. The molecule has 25 heavy (non-hydrogen) atoms. The number of nitrogens with zero attached hydrogens (tertiary/aromatic N) is 2. The fourth-order valence-corrected chi connectivity index (χ4v) is 4.95. The summed E-state index contributed by atoms with van der Waals surface area (Å²) in [6.45, 7) is 0.288. The van der Waals surface area contributed by atoms with Gasteiger partial charge in [0.1, 0.15) is 0 Å². The van der Waals surface area contributed by atoms with E-state index in [4.69, 9.17) is 5.73 Å². The van der Waals surface area contributed by atoms with Gasteiger partial charge in [-0.15, -0.1) is 12.4 Å². The molecule has 3 N–H and O–H groups in total. The minimum absolute atomic E-state index is 0. The first-order valence-electron chi connectivity index (χ1n) is 8.23. The first-order chi connectivity index (χ1) is 11.3. The monoisotopic (exact) mass is 388 g/mol. The molecule has 0 aliphatic heterocycles. The lowest BCUT2D eigenvalue weighted by Gasteiger charge is -2.23. The summed E-state index contributed by atoms with van der Waals surface area (Å²) in [5.41, 5.74) is 6.91. The molecule has 0 bridgehead atoms. The summed E-state index contributed by atoms with van der Waals surface area (Å²) >= 11 is 0.